The van der Waals surface area contributed by atoms with Gasteiger partial charge in [-0.15, -0.1) is 0 Å². The fourth-order valence-corrected chi connectivity index (χ4v) is 4.46. The van der Waals surface area contributed by atoms with E-state index in [2.05, 4.69) is 25.8 Å². The molecule has 3 atom stereocenters. The predicted octanol–water partition coefficient (Wildman–Crippen LogP) is 6.53. The summed E-state index contributed by atoms with van der Waals surface area (Å²) in [7, 11) is 2.32. The first-order valence-corrected chi connectivity index (χ1v) is 10.1. The number of unbranched alkanes of at least 4 members (excludes halogenated alkanes) is 4. The van der Waals surface area contributed by atoms with Gasteiger partial charge in [-0.25, -0.2) is 4.39 Å². The van der Waals surface area contributed by atoms with Gasteiger partial charge < -0.3 is 0 Å². The Morgan fingerprint density at radius 1 is 1.00 bits per heavy atom. The zero-order valence-electron chi connectivity index (χ0n) is 15.9. The number of likely N-dealkylation sites (tertiary alicyclic amines) is 1. The number of hydrogen-bond acceptors (Lipinski definition) is 1. The molecular formula is C22H36FN. The van der Waals surface area contributed by atoms with Crippen LogP contribution in [0.2, 0.25) is 0 Å². The van der Waals surface area contributed by atoms with Crippen LogP contribution in [0.4, 0.5) is 4.39 Å². The Morgan fingerprint density at radius 2 is 1.71 bits per heavy atom. The van der Waals surface area contributed by atoms with Crippen molar-refractivity contribution in [2.75, 3.05) is 7.05 Å². The Balaban J connectivity index is 1.92. The van der Waals surface area contributed by atoms with E-state index >= 15 is 0 Å². The average molecular weight is 334 g/mol. The summed E-state index contributed by atoms with van der Waals surface area (Å²) in [5.41, 5.74) is 1.32. The van der Waals surface area contributed by atoms with Crippen LogP contribution in [0.15, 0.2) is 24.3 Å². The summed E-state index contributed by atoms with van der Waals surface area (Å²) in [6.07, 6.45) is 13.2. The minimum Gasteiger partial charge on any atom is -0.300 e. The lowest BCUT2D eigenvalue weighted by atomic mass is 9.86. The SMILES string of the molecule is CCCCCCC[C@H]1CC[C@H](C(CCC)c2ccc(F)cc2)N1C. The molecule has 2 heteroatoms. The van der Waals surface area contributed by atoms with E-state index in [1.807, 2.05) is 12.1 Å². The van der Waals surface area contributed by atoms with E-state index in [0.717, 1.165) is 6.04 Å². The highest BCUT2D eigenvalue weighted by molar-refractivity contribution is 5.23. The summed E-state index contributed by atoms with van der Waals surface area (Å²) in [6.45, 7) is 4.54. The van der Waals surface area contributed by atoms with Crippen LogP contribution in [0.3, 0.4) is 0 Å². The van der Waals surface area contributed by atoms with E-state index < -0.39 is 0 Å². The summed E-state index contributed by atoms with van der Waals surface area (Å²) in [5.74, 6) is 0.421. The van der Waals surface area contributed by atoms with Gasteiger partial charge in [0.05, 0.1) is 0 Å². The van der Waals surface area contributed by atoms with Crippen molar-refractivity contribution in [3.8, 4) is 0 Å². The molecule has 24 heavy (non-hydrogen) atoms. The fraction of sp³-hybridized carbons (Fsp3) is 0.727. The molecular weight excluding hydrogens is 297 g/mol. The minimum absolute atomic E-state index is 0.126. The van der Waals surface area contributed by atoms with Gasteiger partial charge in [-0.3, -0.25) is 4.90 Å². The summed E-state index contributed by atoms with van der Waals surface area (Å²) >= 11 is 0. The second-order valence-corrected chi connectivity index (χ2v) is 7.61. The third kappa shape index (κ3) is 5.31. The second kappa shape index (κ2) is 10.2. The molecule has 1 unspecified atom stereocenters. The van der Waals surface area contributed by atoms with Gasteiger partial charge in [-0.05, 0) is 56.3 Å². The van der Waals surface area contributed by atoms with E-state index in [-0.39, 0.29) is 5.82 Å². The van der Waals surface area contributed by atoms with Crippen molar-refractivity contribution in [1.82, 2.24) is 4.90 Å². The molecule has 0 spiro atoms. The van der Waals surface area contributed by atoms with Crippen molar-refractivity contribution in [1.29, 1.82) is 0 Å². The van der Waals surface area contributed by atoms with Crippen LogP contribution in [0, 0.1) is 5.82 Å². The molecule has 136 valence electrons. The molecule has 1 aliphatic heterocycles. The van der Waals surface area contributed by atoms with Crippen LogP contribution in [-0.2, 0) is 0 Å². The van der Waals surface area contributed by atoms with E-state index in [4.69, 9.17) is 0 Å². The van der Waals surface area contributed by atoms with Crippen molar-refractivity contribution < 1.29 is 4.39 Å². The van der Waals surface area contributed by atoms with Crippen LogP contribution in [0.5, 0.6) is 0 Å². The molecule has 0 bridgehead atoms. The van der Waals surface area contributed by atoms with Gasteiger partial charge in [0, 0.05) is 12.1 Å². The first kappa shape index (κ1) is 19.4. The molecule has 0 saturated carbocycles. The minimum atomic E-state index is -0.126. The van der Waals surface area contributed by atoms with Crippen LogP contribution in [0.1, 0.15) is 89.5 Å². The molecule has 1 nitrogen and oxygen atoms in total. The van der Waals surface area contributed by atoms with Gasteiger partial charge in [-0.1, -0.05) is 64.5 Å². The van der Waals surface area contributed by atoms with E-state index in [9.17, 15) is 4.39 Å². The number of hydrogen-bond donors (Lipinski definition) is 0. The molecule has 0 N–H and O–H groups in total. The normalized spacial score (nSPS) is 22.8. The van der Waals surface area contributed by atoms with Gasteiger partial charge in [0.15, 0.2) is 0 Å². The zero-order chi connectivity index (χ0) is 17.4. The maximum Gasteiger partial charge on any atom is 0.123 e. The van der Waals surface area contributed by atoms with Gasteiger partial charge in [0.25, 0.3) is 0 Å². The van der Waals surface area contributed by atoms with Crippen LogP contribution in [-0.4, -0.2) is 24.0 Å². The first-order chi connectivity index (χ1) is 11.7. The summed E-state index contributed by atoms with van der Waals surface area (Å²) in [6, 6.07) is 8.62. The molecule has 1 aliphatic rings. The molecule has 0 radical (unpaired) electrons. The molecule has 2 rings (SSSR count). The van der Waals surface area contributed by atoms with Crippen molar-refractivity contribution in [3.63, 3.8) is 0 Å². The van der Waals surface area contributed by atoms with Gasteiger partial charge >= 0.3 is 0 Å². The zero-order valence-corrected chi connectivity index (χ0v) is 15.9. The Labute approximate surface area is 148 Å². The monoisotopic (exact) mass is 333 g/mol. The summed E-state index contributed by atoms with van der Waals surface area (Å²) in [4.78, 5) is 2.64. The predicted molar refractivity (Wildman–Crippen MR) is 102 cm³/mol. The molecule has 1 fully saturated rings. The summed E-state index contributed by atoms with van der Waals surface area (Å²) in [5, 5.41) is 0. The van der Waals surface area contributed by atoms with Crippen molar-refractivity contribution in [2.45, 2.75) is 96.1 Å². The average Bonchev–Trinajstić information content (AvgIpc) is 2.94. The highest BCUT2D eigenvalue weighted by Gasteiger charge is 2.35. The lowest BCUT2D eigenvalue weighted by Crippen LogP contribution is -2.36. The smallest absolute Gasteiger partial charge is 0.123 e. The van der Waals surface area contributed by atoms with Crippen molar-refractivity contribution in [2.24, 2.45) is 0 Å². The maximum atomic E-state index is 13.3. The summed E-state index contributed by atoms with van der Waals surface area (Å²) < 4.78 is 13.3. The molecule has 1 aromatic rings. The Bertz CT molecular complexity index is 456. The Morgan fingerprint density at radius 3 is 2.38 bits per heavy atom. The molecule has 0 amide bonds. The Hall–Kier alpha value is -0.890. The van der Waals surface area contributed by atoms with Gasteiger partial charge in [-0.2, -0.15) is 0 Å². The lowest BCUT2D eigenvalue weighted by molar-refractivity contribution is 0.198. The first-order valence-electron chi connectivity index (χ1n) is 10.1. The number of likely N-dealkylation sites (N-methyl/N-ethyl adjacent to an activating group) is 1. The quantitative estimate of drug-likeness (QED) is 0.440. The van der Waals surface area contributed by atoms with Crippen LogP contribution in [0.25, 0.3) is 0 Å². The topological polar surface area (TPSA) is 3.24 Å². The molecule has 1 saturated heterocycles. The number of halogens is 1. The number of benzene rings is 1. The molecule has 1 aromatic carbocycles. The molecule has 1 heterocycles. The third-order valence-electron chi connectivity index (χ3n) is 5.90. The third-order valence-corrected chi connectivity index (χ3v) is 5.90. The lowest BCUT2D eigenvalue weighted by Gasteiger charge is -2.32. The van der Waals surface area contributed by atoms with Crippen LogP contribution >= 0.6 is 0 Å². The molecule has 0 aromatic heterocycles. The second-order valence-electron chi connectivity index (χ2n) is 7.61. The standard InChI is InChI=1S/C22H36FN/c1-4-6-7-8-9-11-20-16-17-22(24(20)3)21(10-5-2)18-12-14-19(23)15-13-18/h12-15,20-22H,4-11,16-17H2,1-3H3/t20-,21?,22+/m0/s1. The number of rotatable bonds is 10. The largest absolute Gasteiger partial charge is 0.300 e. The van der Waals surface area contributed by atoms with Crippen molar-refractivity contribution in [3.05, 3.63) is 35.6 Å². The highest BCUT2D eigenvalue weighted by Crippen LogP contribution is 2.37. The molecule has 0 aliphatic carbocycles. The van der Waals surface area contributed by atoms with E-state index in [1.54, 1.807) is 12.1 Å². The van der Waals surface area contributed by atoms with Gasteiger partial charge in [0.2, 0.25) is 0 Å². The maximum absolute atomic E-state index is 13.3. The Kier molecular flexibility index (Phi) is 8.24. The highest BCUT2D eigenvalue weighted by atomic mass is 19.1. The van der Waals surface area contributed by atoms with Crippen LogP contribution < -0.4 is 0 Å². The van der Waals surface area contributed by atoms with Crippen molar-refractivity contribution >= 4 is 0 Å². The number of nitrogens with zero attached hydrogens (tertiary/aromatic N) is 1. The van der Waals surface area contributed by atoms with E-state index in [1.165, 1.54) is 69.8 Å². The van der Waals surface area contributed by atoms with Gasteiger partial charge in [0.1, 0.15) is 5.82 Å². The van der Waals surface area contributed by atoms with E-state index in [0.29, 0.717) is 12.0 Å². The fourth-order valence-electron chi connectivity index (χ4n) is 4.46.